The summed E-state index contributed by atoms with van der Waals surface area (Å²) in [5, 5.41) is 0. The Morgan fingerprint density at radius 2 is 1.42 bits per heavy atom. The zero-order chi connectivity index (χ0) is 9.98. The van der Waals surface area contributed by atoms with Crippen molar-refractivity contribution in [2.24, 2.45) is 23.3 Å². The van der Waals surface area contributed by atoms with E-state index in [9.17, 15) is 0 Å². The van der Waals surface area contributed by atoms with Gasteiger partial charge in [0.2, 0.25) is 0 Å². The first-order valence-corrected chi connectivity index (χ1v) is 5.00. The maximum absolute atomic E-state index is 5.37. The topological polar surface area (TPSA) is 52.0 Å². The number of hydrogen-bond donors (Lipinski definition) is 2. The van der Waals surface area contributed by atoms with E-state index in [1.165, 1.54) is 0 Å². The molecule has 0 fully saturated rings. The van der Waals surface area contributed by atoms with E-state index >= 15 is 0 Å². The second kappa shape index (κ2) is 10.9. The lowest BCUT2D eigenvalue weighted by molar-refractivity contribution is 0.397. The summed E-state index contributed by atoms with van der Waals surface area (Å²) in [6, 6.07) is 0. The van der Waals surface area contributed by atoms with Crippen LogP contribution in [-0.2, 0) is 0 Å². The van der Waals surface area contributed by atoms with Crippen molar-refractivity contribution in [3.63, 3.8) is 0 Å². The fourth-order valence-electron chi connectivity index (χ4n) is 0.596. The van der Waals surface area contributed by atoms with E-state index in [0.29, 0.717) is 0 Å². The van der Waals surface area contributed by atoms with Crippen molar-refractivity contribution in [3.8, 4) is 0 Å². The predicted molar refractivity (Wildman–Crippen MR) is 57.0 cm³/mol. The fraction of sp³-hybridized carbons (Fsp3) is 1.00. The quantitative estimate of drug-likeness (QED) is 0.684. The van der Waals surface area contributed by atoms with Gasteiger partial charge in [0.15, 0.2) is 0 Å². The summed E-state index contributed by atoms with van der Waals surface area (Å²) in [4.78, 5) is 0. The SMILES string of the molecule is CC(C)C(C)CCN.CCCN. The number of hydrogen-bond acceptors (Lipinski definition) is 2. The van der Waals surface area contributed by atoms with Gasteiger partial charge in [-0.05, 0) is 37.8 Å². The van der Waals surface area contributed by atoms with E-state index in [1.807, 2.05) is 0 Å². The van der Waals surface area contributed by atoms with Crippen molar-refractivity contribution >= 4 is 0 Å². The monoisotopic (exact) mass is 174 g/mol. The van der Waals surface area contributed by atoms with Gasteiger partial charge in [-0.15, -0.1) is 0 Å². The second-order valence-electron chi connectivity index (χ2n) is 3.59. The predicted octanol–water partition coefficient (Wildman–Crippen LogP) is 1.98. The molecule has 0 radical (unpaired) electrons. The van der Waals surface area contributed by atoms with Gasteiger partial charge >= 0.3 is 0 Å². The summed E-state index contributed by atoms with van der Waals surface area (Å²) >= 11 is 0. The highest BCUT2D eigenvalue weighted by molar-refractivity contribution is 4.56. The van der Waals surface area contributed by atoms with Gasteiger partial charge in [-0.1, -0.05) is 27.7 Å². The Hall–Kier alpha value is -0.0800. The molecule has 0 aliphatic heterocycles. The minimum absolute atomic E-state index is 0.790. The molecule has 0 aliphatic carbocycles. The van der Waals surface area contributed by atoms with Crippen LogP contribution < -0.4 is 11.5 Å². The maximum atomic E-state index is 5.37. The zero-order valence-corrected chi connectivity index (χ0v) is 9.14. The van der Waals surface area contributed by atoms with Gasteiger partial charge in [0.1, 0.15) is 0 Å². The molecule has 1 unspecified atom stereocenters. The van der Waals surface area contributed by atoms with E-state index in [4.69, 9.17) is 11.5 Å². The summed E-state index contributed by atoms with van der Waals surface area (Å²) in [7, 11) is 0. The Labute approximate surface area is 77.7 Å². The smallest absolute Gasteiger partial charge is 0.00746 e. The third-order valence-electron chi connectivity index (χ3n) is 2.05. The van der Waals surface area contributed by atoms with E-state index in [-0.39, 0.29) is 0 Å². The molecule has 2 nitrogen and oxygen atoms in total. The van der Waals surface area contributed by atoms with Crippen LogP contribution in [0.1, 0.15) is 40.5 Å². The fourth-order valence-corrected chi connectivity index (χ4v) is 0.596. The van der Waals surface area contributed by atoms with Crippen LogP contribution >= 0.6 is 0 Å². The van der Waals surface area contributed by atoms with Crippen LogP contribution in [0.15, 0.2) is 0 Å². The molecule has 76 valence electrons. The molecule has 0 amide bonds. The van der Waals surface area contributed by atoms with Crippen LogP contribution in [0.2, 0.25) is 0 Å². The molecule has 0 rings (SSSR count). The molecule has 0 aromatic heterocycles. The van der Waals surface area contributed by atoms with Crippen molar-refractivity contribution in [1.82, 2.24) is 0 Å². The van der Waals surface area contributed by atoms with Crippen molar-refractivity contribution in [1.29, 1.82) is 0 Å². The van der Waals surface area contributed by atoms with Crippen LogP contribution in [0, 0.1) is 11.8 Å². The highest BCUT2D eigenvalue weighted by Gasteiger charge is 2.03. The van der Waals surface area contributed by atoms with Crippen LogP contribution in [0.25, 0.3) is 0 Å². The lowest BCUT2D eigenvalue weighted by atomic mass is 9.95. The first-order chi connectivity index (χ1) is 5.59. The Bertz CT molecular complexity index is 70.2. The highest BCUT2D eigenvalue weighted by atomic mass is 14.5. The number of nitrogens with two attached hydrogens (primary N) is 2. The zero-order valence-electron chi connectivity index (χ0n) is 9.14. The molecule has 0 saturated heterocycles. The molecule has 0 aliphatic rings. The lowest BCUT2D eigenvalue weighted by Crippen LogP contribution is -2.10. The summed E-state index contributed by atoms with van der Waals surface area (Å²) < 4.78 is 0. The summed E-state index contributed by atoms with van der Waals surface area (Å²) in [5.74, 6) is 1.58. The van der Waals surface area contributed by atoms with Gasteiger partial charge in [0.05, 0.1) is 0 Å². The van der Waals surface area contributed by atoms with Crippen molar-refractivity contribution < 1.29 is 0 Å². The maximum Gasteiger partial charge on any atom is -0.00746 e. The first kappa shape index (κ1) is 14.4. The standard InChI is InChI=1S/C7H17N.C3H9N/c1-6(2)7(3)4-5-8;1-2-3-4/h6-7H,4-5,8H2,1-3H3;2-4H2,1H3. The molecule has 0 spiro atoms. The van der Waals surface area contributed by atoms with E-state index in [1.54, 1.807) is 0 Å². The Morgan fingerprint density at radius 3 is 1.50 bits per heavy atom. The van der Waals surface area contributed by atoms with Gasteiger partial charge in [0, 0.05) is 0 Å². The highest BCUT2D eigenvalue weighted by Crippen LogP contribution is 2.11. The van der Waals surface area contributed by atoms with Gasteiger partial charge in [-0.25, -0.2) is 0 Å². The van der Waals surface area contributed by atoms with E-state index in [0.717, 1.165) is 37.8 Å². The Morgan fingerprint density at radius 1 is 1.00 bits per heavy atom. The second-order valence-corrected chi connectivity index (χ2v) is 3.59. The lowest BCUT2D eigenvalue weighted by Gasteiger charge is -2.12. The molecule has 0 aromatic rings. The Kier molecular flexibility index (Phi) is 13.1. The van der Waals surface area contributed by atoms with E-state index < -0.39 is 0 Å². The van der Waals surface area contributed by atoms with Crippen molar-refractivity contribution in [2.45, 2.75) is 40.5 Å². The van der Waals surface area contributed by atoms with Crippen LogP contribution in [-0.4, -0.2) is 13.1 Å². The van der Waals surface area contributed by atoms with Crippen LogP contribution in [0.5, 0.6) is 0 Å². The van der Waals surface area contributed by atoms with Gasteiger partial charge in [-0.2, -0.15) is 0 Å². The van der Waals surface area contributed by atoms with E-state index in [2.05, 4.69) is 27.7 Å². The summed E-state index contributed by atoms with van der Waals surface area (Å²) in [6.07, 6.45) is 2.26. The van der Waals surface area contributed by atoms with Crippen molar-refractivity contribution in [3.05, 3.63) is 0 Å². The summed E-state index contributed by atoms with van der Waals surface area (Å²) in [6.45, 7) is 10.4. The van der Waals surface area contributed by atoms with Gasteiger partial charge in [0.25, 0.3) is 0 Å². The minimum atomic E-state index is 0.790. The van der Waals surface area contributed by atoms with Crippen LogP contribution in [0.3, 0.4) is 0 Å². The normalized spacial score (nSPS) is 12.2. The molecule has 0 heterocycles. The van der Waals surface area contributed by atoms with Gasteiger partial charge in [-0.3, -0.25) is 0 Å². The molecule has 0 bridgehead atoms. The average molecular weight is 174 g/mol. The minimum Gasteiger partial charge on any atom is -0.330 e. The third-order valence-corrected chi connectivity index (χ3v) is 2.05. The Balaban J connectivity index is 0. The summed E-state index contributed by atoms with van der Waals surface area (Å²) in [5.41, 5.74) is 10.4. The molecular formula is C10H26N2. The molecule has 4 N–H and O–H groups in total. The van der Waals surface area contributed by atoms with Crippen LogP contribution in [0.4, 0.5) is 0 Å². The molecule has 12 heavy (non-hydrogen) atoms. The average Bonchev–Trinajstić information content (AvgIpc) is 2.05. The van der Waals surface area contributed by atoms with Gasteiger partial charge < -0.3 is 11.5 Å². The molecule has 1 atom stereocenters. The molecular weight excluding hydrogens is 148 g/mol. The molecule has 2 heteroatoms. The van der Waals surface area contributed by atoms with Crippen molar-refractivity contribution in [2.75, 3.05) is 13.1 Å². The number of rotatable bonds is 4. The first-order valence-electron chi connectivity index (χ1n) is 5.00. The third kappa shape index (κ3) is 12.6. The molecule has 0 aromatic carbocycles. The molecule has 0 saturated carbocycles. The largest absolute Gasteiger partial charge is 0.330 e.